The highest BCUT2D eigenvalue weighted by molar-refractivity contribution is 8.18. The third kappa shape index (κ3) is 5.42. The van der Waals surface area contributed by atoms with Crippen molar-refractivity contribution in [3.8, 4) is 0 Å². The molecule has 2 aromatic carbocycles. The Labute approximate surface area is 176 Å². The number of thioether (sulfide) groups is 1. The summed E-state index contributed by atoms with van der Waals surface area (Å²) in [5.74, 6) is -0.830. The Morgan fingerprint density at radius 1 is 1.10 bits per heavy atom. The van der Waals surface area contributed by atoms with E-state index in [0.717, 1.165) is 22.2 Å². The van der Waals surface area contributed by atoms with Crippen LogP contribution in [0.15, 0.2) is 65.6 Å². The van der Waals surface area contributed by atoms with Crippen molar-refractivity contribution in [1.82, 2.24) is 10.2 Å². The lowest BCUT2D eigenvalue weighted by Crippen LogP contribution is -2.36. The smallest absolute Gasteiger partial charge is 0.293 e. The van der Waals surface area contributed by atoms with E-state index in [1.54, 1.807) is 12.1 Å². The molecule has 2 aromatic rings. The van der Waals surface area contributed by atoms with Crippen LogP contribution >= 0.6 is 11.8 Å². The van der Waals surface area contributed by atoms with Gasteiger partial charge in [-0.15, -0.1) is 0 Å². The van der Waals surface area contributed by atoms with E-state index in [2.05, 4.69) is 5.32 Å². The number of non-ortho nitro benzene ring substituents is 1. The van der Waals surface area contributed by atoms with E-state index in [-0.39, 0.29) is 24.0 Å². The zero-order chi connectivity index (χ0) is 21.5. The van der Waals surface area contributed by atoms with Crippen molar-refractivity contribution in [1.29, 1.82) is 0 Å². The monoisotopic (exact) mass is 423 g/mol. The van der Waals surface area contributed by atoms with Gasteiger partial charge >= 0.3 is 0 Å². The summed E-state index contributed by atoms with van der Waals surface area (Å²) in [5, 5.41) is 13.0. The van der Waals surface area contributed by atoms with Gasteiger partial charge in [0.1, 0.15) is 0 Å². The molecule has 152 valence electrons. The average Bonchev–Trinajstić information content (AvgIpc) is 3.00. The van der Waals surface area contributed by atoms with E-state index >= 15 is 0 Å². The van der Waals surface area contributed by atoms with Gasteiger partial charge in [-0.3, -0.25) is 29.4 Å². The molecule has 1 heterocycles. The molecular weight excluding hydrogens is 406 g/mol. The van der Waals surface area contributed by atoms with Crippen LogP contribution in [-0.2, 0) is 9.59 Å². The Morgan fingerprint density at radius 2 is 1.83 bits per heavy atom. The van der Waals surface area contributed by atoms with Gasteiger partial charge in [-0.2, -0.15) is 0 Å². The number of carbonyl (C=O) groups excluding carboxylic acids is 3. The Bertz CT molecular complexity index is 1050. The Balaban J connectivity index is 1.52. The number of amides is 3. The molecular formula is C21H17N3O5S. The van der Waals surface area contributed by atoms with Gasteiger partial charge in [0.2, 0.25) is 5.91 Å². The number of imide groups is 1. The highest BCUT2D eigenvalue weighted by atomic mass is 32.2. The van der Waals surface area contributed by atoms with Crippen LogP contribution < -0.4 is 5.32 Å². The number of nitro benzene ring substituents is 1. The third-order valence-electron chi connectivity index (χ3n) is 4.11. The van der Waals surface area contributed by atoms with Crippen molar-refractivity contribution in [3.05, 3.63) is 86.8 Å². The average molecular weight is 423 g/mol. The molecule has 0 bridgehead atoms. The van der Waals surface area contributed by atoms with Crippen LogP contribution in [0, 0.1) is 10.1 Å². The lowest BCUT2D eigenvalue weighted by molar-refractivity contribution is -0.384. The number of benzene rings is 2. The zero-order valence-electron chi connectivity index (χ0n) is 15.7. The fourth-order valence-electron chi connectivity index (χ4n) is 2.66. The second-order valence-electron chi connectivity index (χ2n) is 6.22. The molecule has 30 heavy (non-hydrogen) atoms. The minimum Gasteiger partial charge on any atom is -0.351 e. The van der Waals surface area contributed by atoms with Crippen molar-refractivity contribution < 1.29 is 19.3 Å². The summed E-state index contributed by atoms with van der Waals surface area (Å²) in [4.78, 5) is 48.2. The number of hydrogen-bond acceptors (Lipinski definition) is 6. The zero-order valence-corrected chi connectivity index (χ0v) is 16.5. The Hall–Kier alpha value is -3.72. The SMILES string of the molecule is O=C(/C=C/c1cccc([N+](=O)[O-])c1)NCCN1C(=O)S/C(=C\c2ccccc2)C1=O. The topological polar surface area (TPSA) is 110 Å². The minimum atomic E-state index is -0.514. The van der Waals surface area contributed by atoms with Gasteiger partial charge in [-0.05, 0) is 35.0 Å². The summed E-state index contributed by atoms with van der Waals surface area (Å²) in [6.45, 7) is 0.141. The highest BCUT2D eigenvalue weighted by Crippen LogP contribution is 2.31. The quantitative estimate of drug-likeness (QED) is 0.415. The molecule has 0 atom stereocenters. The van der Waals surface area contributed by atoms with Crippen molar-refractivity contribution in [2.45, 2.75) is 0 Å². The normalized spacial score (nSPS) is 15.2. The van der Waals surface area contributed by atoms with Crippen molar-refractivity contribution >= 4 is 46.7 Å². The molecule has 1 N–H and O–H groups in total. The van der Waals surface area contributed by atoms with E-state index in [1.165, 1.54) is 30.4 Å². The molecule has 0 aromatic heterocycles. The van der Waals surface area contributed by atoms with E-state index in [1.807, 2.05) is 30.3 Å². The fourth-order valence-corrected chi connectivity index (χ4v) is 3.52. The van der Waals surface area contributed by atoms with E-state index in [4.69, 9.17) is 0 Å². The molecule has 0 aliphatic carbocycles. The minimum absolute atomic E-state index is 0.0488. The van der Waals surface area contributed by atoms with Gasteiger partial charge in [-0.25, -0.2) is 0 Å². The van der Waals surface area contributed by atoms with Gasteiger partial charge in [0.25, 0.3) is 16.8 Å². The first kappa shape index (κ1) is 21.0. The molecule has 3 rings (SSSR count). The number of nitrogens with one attached hydrogen (secondary N) is 1. The first-order valence-electron chi connectivity index (χ1n) is 8.95. The summed E-state index contributed by atoms with van der Waals surface area (Å²) < 4.78 is 0. The number of hydrogen-bond donors (Lipinski definition) is 1. The molecule has 8 nitrogen and oxygen atoms in total. The van der Waals surface area contributed by atoms with Crippen molar-refractivity contribution in [3.63, 3.8) is 0 Å². The predicted octanol–water partition coefficient (Wildman–Crippen LogP) is 3.46. The molecule has 9 heteroatoms. The lowest BCUT2D eigenvalue weighted by Gasteiger charge is -2.12. The summed E-state index contributed by atoms with van der Waals surface area (Å²) in [7, 11) is 0. The molecule has 3 amide bonds. The Morgan fingerprint density at radius 3 is 2.57 bits per heavy atom. The van der Waals surface area contributed by atoms with Crippen LogP contribution in [0.4, 0.5) is 10.5 Å². The van der Waals surface area contributed by atoms with Gasteiger partial charge in [0.15, 0.2) is 0 Å². The summed E-state index contributed by atoms with van der Waals surface area (Å²) in [6.07, 6.45) is 4.35. The van der Waals surface area contributed by atoms with Crippen LogP contribution in [0.3, 0.4) is 0 Å². The summed E-state index contributed by atoms with van der Waals surface area (Å²) in [6, 6.07) is 15.1. The van der Waals surface area contributed by atoms with E-state index in [9.17, 15) is 24.5 Å². The maximum Gasteiger partial charge on any atom is 0.293 e. The standard InChI is InChI=1S/C21H17N3O5S/c25-19(10-9-16-7-4-8-17(13-16)24(28)29)22-11-12-23-20(26)18(30-21(23)27)14-15-5-2-1-3-6-15/h1-10,13-14H,11-12H2,(H,22,25)/b10-9+,18-14-. The number of rotatable bonds is 7. The Kier molecular flexibility index (Phi) is 6.76. The highest BCUT2D eigenvalue weighted by Gasteiger charge is 2.34. The van der Waals surface area contributed by atoms with Crippen LogP contribution in [0.5, 0.6) is 0 Å². The molecule has 0 unspecified atom stereocenters. The van der Waals surface area contributed by atoms with Crippen molar-refractivity contribution in [2.75, 3.05) is 13.1 Å². The fraction of sp³-hybridized carbons (Fsp3) is 0.0952. The molecule has 1 saturated heterocycles. The molecule has 0 spiro atoms. The van der Waals surface area contributed by atoms with Crippen LogP contribution in [0.2, 0.25) is 0 Å². The summed E-state index contributed by atoms with van der Waals surface area (Å²) >= 11 is 0.863. The second kappa shape index (κ2) is 9.66. The maximum absolute atomic E-state index is 12.4. The molecule has 1 aliphatic heterocycles. The van der Waals surface area contributed by atoms with Gasteiger partial charge in [0.05, 0.1) is 9.83 Å². The van der Waals surface area contributed by atoms with Crippen LogP contribution in [-0.4, -0.2) is 40.0 Å². The second-order valence-corrected chi connectivity index (χ2v) is 7.21. The molecule has 1 aliphatic rings. The van der Waals surface area contributed by atoms with Crippen LogP contribution in [0.25, 0.3) is 12.2 Å². The summed E-state index contributed by atoms with van der Waals surface area (Å²) in [5.41, 5.74) is 1.26. The molecule has 1 fully saturated rings. The molecule has 0 radical (unpaired) electrons. The number of nitro groups is 1. The molecule has 0 saturated carbocycles. The number of nitrogens with zero attached hydrogens (tertiary/aromatic N) is 2. The maximum atomic E-state index is 12.4. The predicted molar refractivity (Wildman–Crippen MR) is 114 cm³/mol. The number of carbonyl (C=O) groups is 3. The van der Waals surface area contributed by atoms with Crippen LogP contribution in [0.1, 0.15) is 11.1 Å². The first-order chi connectivity index (χ1) is 14.4. The van der Waals surface area contributed by atoms with Crippen molar-refractivity contribution in [2.24, 2.45) is 0 Å². The largest absolute Gasteiger partial charge is 0.351 e. The van der Waals surface area contributed by atoms with Gasteiger partial charge < -0.3 is 5.32 Å². The van der Waals surface area contributed by atoms with E-state index < -0.39 is 16.7 Å². The van der Waals surface area contributed by atoms with E-state index in [0.29, 0.717) is 10.5 Å². The van der Waals surface area contributed by atoms with Gasteiger partial charge in [0, 0.05) is 31.3 Å². The lowest BCUT2D eigenvalue weighted by atomic mass is 10.2. The van der Waals surface area contributed by atoms with Gasteiger partial charge in [-0.1, -0.05) is 42.5 Å². The first-order valence-corrected chi connectivity index (χ1v) is 9.76. The third-order valence-corrected chi connectivity index (χ3v) is 5.02.